The highest BCUT2D eigenvalue weighted by Gasteiger charge is 2.23. The summed E-state index contributed by atoms with van der Waals surface area (Å²) in [4.78, 5) is 18.0. The lowest BCUT2D eigenvalue weighted by Crippen LogP contribution is -2.47. The van der Waals surface area contributed by atoms with Gasteiger partial charge in [0.25, 0.3) is 0 Å². The lowest BCUT2D eigenvalue weighted by molar-refractivity contribution is -0.119. The van der Waals surface area contributed by atoms with Gasteiger partial charge in [-0.2, -0.15) is 0 Å². The normalized spacial score (nSPS) is 17.8. The fourth-order valence-corrected chi connectivity index (χ4v) is 3.12. The van der Waals surface area contributed by atoms with Gasteiger partial charge in [0, 0.05) is 32.6 Å². The second kappa shape index (κ2) is 11.3. The number of hydrogen-bond acceptors (Lipinski definition) is 2. The number of likely N-dealkylation sites (tertiary alicyclic amines) is 1. The average Bonchev–Trinajstić information content (AvgIpc) is 2.54. The third kappa shape index (κ3) is 7.58. The highest BCUT2D eigenvalue weighted by molar-refractivity contribution is 14.0. The fraction of sp³-hybridized carbons (Fsp3) is 0.556. The molecule has 0 aromatic heterocycles. The van der Waals surface area contributed by atoms with E-state index in [1.165, 1.54) is 6.07 Å². The molecule has 0 saturated carbocycles. The van der Waals surface area contributed by atoms with Gasteiger partial charge in [0.15, 0.2) is 5.96 Å². The van der Waals surface area contributed by atoms with Crippen LogP contribution in [0.15, 0.2) is 29.3 Å². The number of carbonyl (C=O) groups excluding carboxylic acids is 1. The van der Waals surface area contributed by atoms with E-state index in [0.717, 1.165) is 44.0 Å². The van der Waals surface area contributed by atoms with Crippen molar-refractivity contribution in [3.05, 3.63) is 35.6 Å². The van der Waals surface area contributed by atoms with Crippen molar-refractivity contribution < 1.29 is 9.18 Å². The zero-order valence-electron chi connectivity index (χ0n) is 14.7. The molecule has 25 heavy (non-hydrogen) atoms. The molecule has 1 unspecified atom stereocenters. The SMILES string of the molecule is CCNC(=NCCc1cccc(F)c1)N1CCCC(CC(N)=O)C1.I. The van der Waals surface area contributed by atoms with E-state index in [2.05, 4.69) is 15.2 Å². The van der Waals surface area contributed by atoms with Crippen LogP contribution >= 0.6 is 24.0 Å². The van der Waals surface area contributed by atoms with Crippen LogP contribution in [0.4, 0.5) is 4.39 Å². The van der Waals surface area contributed by atoms with Crippen molar-refractivity contribution >= 4 is 35.8 Å². The number of guanidine groups is 1. The zero-order chi connectivity index (χ0) is 17.4. The van der Waals surface area contributed by atoms with Gasteiger partial charge in [-0.1, -0.05) is 12.1 Å². The molecule has 0 bridgehead atoms. The number of nitrogens with zero attached hydrogens (tertiary/aromatic N) is 2. The molecule has 0 spiro atoms. The predicted octanol–water partition coefficient (Wildman–Crippen LogP) is 2.54. The monoisotopic (exact) mass is 462 g/mol. The van der Waals surface area contributed by atoms with Crippen LogP contribution in [0.1, 0.15) is 31.7 Å². The molecule has 7 heteroatoms. The van der Waals surface area contributed by atoms with Crippen LogP contribution in [0.5, 0.6) is 0 Å². The third-order valence-corrected chi connectivity index (χ3v) is 4.19. The van der Waals surface area contributed by atoms with Gasteiger partial charge in [-0.05, 0) is 49.8 Å². The molecule has 1 aliphatic heterocycles. The van der Waals surface area contributed by atoms with Gasteiger partial charge >= 0.3 is 0 Å². The first-order chi connectivity index (χ1) is 11.6. The Labute approximate surface area is 166 Å². The van der Waals surface area contributed by atoms with Gasteiger partial charge in [-0.25, -0.2) is 4.39 Å². The zero-order valence-corrected chi connectivity index (χ0v) is 17.0. The standard InChI is InChI=1S/C18H27FN4O.HI/c1-2-21-18(22-9-8-14-5-3-7-16(19)11-14)23-10-4-6-15(13-23)12-17(20)24;/h3,5,7,11,15H,2,4,6,8-10,12-13H2,1H3,(H2,20,24)(H,21,22);1H. The smallest absolute Gasteiger partial charge is 0.217 e. The molecule has 1 amide bonds. The van der Waals surface area contributed by atoms with E-state index in [0.29, 0.717) is 25.3 Å². The molecule has 140 valence electrons. The molecular weight excluding hydrogens is 434 g/mol. The molecule has 1 heterocycles. The number of nitrogens with two attached hydrogens (primary N) is 1. The number of amides is 1. The Morgan fingerprint density at radius 1 is 1.48 bits per heavy atom. The van der Waals surface area contributed by atoms with Crippen molar-refractivity contribution in [3.8, 4) is 0 Å². The second-order valence-electron chi connectivity index (χ2n) is 6.24. The van der Waals surface area contributed by atoms with Gasteiger partial charge < -0.3 is 16.0 Å². The Morgan fingerprint density at radius 3 is 2.96 bits per heavy atom. The minimum atomic E-state index is -0.241. The molecule has 1 aromatic carbocycles. The molecule has 1 fully saturated rings. The number of carbonyl (C=O) groups is 1. The van der Waals surface area contributed by atoms with E-state index in [4.69, 9.17) is 5.73 Å². The van der Waals surface area contributed by atoms with E-state index in [1.54, 1.807) is 12.1 Å². The Bertz CT molecular complexity index is 582. The maximum atomic E-state index is 13.2. The van der Waals surface area contributed by atoms with Crippen molar-refractivity contribution in [2.45, 2.75) is 32.6 Å². The number of hydrogen-bond donors (Lipinski definition) is 2. The van der Waals surface area contributed by atoms with Crippen LogP contribution in [0.3, 0.4) is 0 Å². The summed E-state index contributed by atoms with van der Waals surface area (Å²) in [6.45, 7) is 5.15. The fourth-order valence-electron chi connectivity index (χ4n) is 3.12. The second-order valence-corrected chi connectivity index (χ2v) is 6.24. The highest BCUT2D eigenvalue weighted by atomic mass is 127. The summed E-state index contributed by atoms with van der Waals surface area (Å²) in [6, 6.07) is 6.63. The van der Waals surface area contributed by atoms with Gasteiger partial charge in [0.1, 0.15) is 5.82 Å². The van der Waals surface area contributed by atoms with Crippen LogP contribution in [-0.4, -0.2) is 42.9 Å². The Morgan fingerprint density at radius 2 is 2.28 bits per heavy atom. The van der Waals surface area contributed by atoms with Crippen molar-refractivity contribution in [2.75, 3.05) is 26.2 Å². The topological polar surface area (TPSA) is 70.7 Å². The highest BCUT2D eigenvalue weighted by Crippen LogP contribution is 2.19. The van der Waals surface area contributed by atoms with Crippen LogP contribution in [0.25, 0.3) is 0 Å². The summed E-state index contributed by atoms with van der Waals surface area (Å²) in [5, 5.41) is 3.31. The van der Waals surface area contributed by atoms with Gasteiger partial charge in [0.05, 0.1) is 0 Å². The summed E-state index contributed by atoms with van der Waals surface area (Å²) < 4.78 is 13.2. The molecule has 0 radical (unpaired) electrons. The van der Waals surface area contributed by atoms with E-state index >= 15 is 0 Å². The molecule has 1 atom stereocenters. The van der Waals surface area contributed by atoms with Crippen LogP contribution < -0.4 is 11.1 Å². The van der Waals surface area contributed by atoms with Crippen molar-refractivity contribution in [3.63, 3.8) is 0 Å². The average molecular weight is 462 g/mol. The minimum Gasteiger partial charge on any atom is -0.370 e. The third-order valence-electron chi connectivity index (χ3n) is 4.19. The summed E-state index contributed by atoms with van der Waals surface area (Å²) in [7, 11) is 0. The van der Waals surface area contributed by atoms with E-state index in [1.807, 2.05) is 13.0 Å². The van der Waals surface area contributed by atoms with E-state index < -0.39 is 0 Å². The molecule has 1 aromatic rings. The largest absolute Gasteiger partial charge is 0.370 e. The summed E-state index contributed by atoms with van der Waals surface area (Å²) in [5.41, 5.74) is 6.27. The van der Waals surface area contributed by atoms with E-state index in [-0.39, 0.29) is 35.7 Å². The number of halogens is 2. The number of nitrogens with one attached hydrogen (secondary N) is 1. The van der Waals surface area contributed by atoms with Crippen LogP contribution in [0, 0.1) is 11.7 Å². The van der Waals surface area contributed by atoms with Crippen molar-refractivity contribution in [1.29, 1.82) is 0 Å². The number of primary amides is 1. The molecule has 3 N–H and O–H groups in total. The van der Waals surface area contributed by atoms with E-state index in [9.17, 15) is 9.18 Å². The minimum absolute atomic E-state index is 0. The molecule has 1 aliphatic rings. The lowest BCUT2D eigenvalue weighted by Gasteiger charge is -2.34. The maximum absolute atomic E-state index is 13.2. The first-order valence-corrected chi connectivity index (χ1v) is 8.64. The maximum Gasteiger partial charge on any atom is 0.217 e. The summed E-state index contributed by atoms with van der Waals surface area (Å²) in [5.74, 6) is 0.704. The van der Waals surface area contributed by atoms with Crippen molar-refractivity contribution in [1.82, 2.24) is 10.2 Å². The Kier molecular flexibility index (Phi) is 9.77. The lowest BCUT2D eigenvalue weighted by atomic mass is 9.95. The first kappa shape index (κ1) is 21.7. The molecule has 5 nitrogen and oxygen atoms in total. The summed E-state index contributed by atoms with van der Waals surface area (Å²) >= 11 is 0. The number of benzene rings is 1. The quantitative estimate of drug-likeness (QED) is 0.388. The Balaban J connectivity index is 0.00000312. The summed E-state index contributed by atoms with van der Waals surface area (Å²) in [6.07, 6.45) is 3.19. The molecular formula is C18H28FIN4O. The van der Waals surface area contributed by atoms with Gasteiger partial charge in [0.2, 0.25) is 5.91 Å². The molecule has 2 rings (SSSR count). The van der Waals surface area contributed by atoms with Gasteiger partial charge in [-0.3, -0.25) is 9.79 Å². The van der Waals surface area contributed by atoms with Gasteiger partial charge in [-0.15, -0.1) is 24.0 Å². The van der Waals surface area contributed by atoms with Crippen molar-refractivity contribution in [2.24, 2.45) is 16.6 Å². The number of piperidine rings is 1. The first-order valence-electron chi connectivity index (χ1n) is 8.64. The predicted molar refractivity (Wildman–Crippen MR) is 110 cm³/mol. The number of aliphatic imine (C=N–C) groups is 1. The molecule has 0 aliphatic carbocycles. The van der Waals surface area contributed by atoms with Crippen LogP contribution in [0.2, 0.25) is 0 Å². The Hall–Kier alpha value is -1.38. The number of rotatable bonds is 6. The van der Waals surface area contributed by atoms with Crippen LogP contribution in [-0.2, 0) is 11.2 Å². The molecule has 1 saturated heterocycles.